The maximum Gasteiger partial charge on any atom is 0.205 e. The second-order valence-corrected chi connectivity index (χ2v) is 8.56. The molecule has 0 aliphatic carbocycles. The van der Waals surface area contributed by atoms with E-state index in [0.717, 1.165) is 40.3 Å². The number of benzene rings is 1. The minimum absolute atomic E-state index is 0.479. The van der Waals surface area contributed by atoms with Gasteiger partial charge in [0.1, 0.15) is 10.7 Å². The molecule has 168 valence electrons. The van der Waals surface area contributed by atoms with E-state index in [1.807, 2.05) is 18.2 Å². The van der Waals surface area contributed by atoms with Gasteiger partial charge >= 0.3 is 0 Å². The third-order valence-corrected chi connectivity index (χ3v) is 6.66. The number of nitrogens with zero attached hydrogens (tertiary/aromatic N) is 7. The van der Waals surface area contributed by atoms with Crippen molar-refractivity contribution in [1.29, 1.82) is 0 Å². The molecule has 9 nitrogen and oxygen atoms in total. The topological polar surface area (TPSA) is 91.1 Å². The van der Waals surface area contributed by atoms with Gasteiger partial charge in [0.2, 0.25) is 5.82 Å². The Morgan fingerprint density at radius 3 is 2.47 bits per heavy atom. The lowest BCUT2D eigenvalue weighted by atomic mass is 10.2. The summed E-state index contributed by atoms with van der Waals surface area (Å²) in [7, 11) is 3.20. The number of aromatic nitrogens is 6. The van der Waals surface area contributed by atoms with Crippen molar-refractivity contribution in [3.05, 3.63) is 34.5 Å². The first kappa shape index (κ1) is 22.1. The second kappa shape index (κ2) is 9.17. The molecule has 0 saturated heterocycles. The highest BCUT2D eigenvalue weighted by Crippen LogP contribution is 2.33. The first-order chi connectivity index (χ1) is 15.5. The molecule has 0 bridgehead atoms. The molecule has 10 heteroatoms. The van der Waals surface area contributed by atoms with E-state index in [1.54, 1.807) is 25.6 Å². The maximum atomic E-state index is 5.41. The smallest absolute Gasteiger partial charge is 0.205 e. The highest BCUT2D eigenvalue weighted by molar-refractivity contribution is 7.18. The molecule has 0 unspecified atom stereocenters. The number of hydrogen-bond acceptors (Lipinski definition) is 9. The number of fused-ring (bicyclic) bond motifs is 1. The lowest BCUT2D eigenvalue weighted by molar-refractivity contribution is 0.288. The highest BCUT2D eigenvalue weighted by atomic mass is 32.1. The van der Waals surface area contributed by atoms with Gasteiger partial charge in [-0.2, -0.15) is 0 Å². The molecular formula is C22H27N7O2S. The molecule has 0 N–H and O–H groups in total. The number of methoxy groups -OCH3 is 2. The Bertz CT molecular complexity index is 1250. The quantitative estimate of drug-likeness (QED) is 0.398. The third-order valence-electron chi connectivity index (χ3n) is 5.56. The van der Waals surface area contributed by atoms with E-state index >= 15 is 0 Å². The molecular weight excluding hydrogens is 426 g/mol. The van der Waals surface area contributed by atoms with Gasteiger partial charge in [0, 0.05) is 10.4 Å². The molecule has 4 aromatic rings. The summed E-state index contributed by atoms with van der Waals surface area (Å²) in [4.78, 5) is 15.6. The van der Waals surface area contributed by atoms with Crippen LogP contribution in [0.3, 0.4) is 0 Å². The Morgan fingerprint density at radius 1 is 1.03 bits per heavy atom. The van der Waals surface area contributed by atoms with Crippen molar-refractivity contribution in [3.63, 3.8) is 0 Å². The molecule has 3 aromatic heterocycles. The fourth-order valence-electron chi connectivity index (χ4n) is 3.53. The third kappa shape index (κ3) is 4.03. The molecule has 3 heterocycles. The summed E-state index contributed by atoms with van der Waals surface area (Å²) in [5.41, 5.74) is 1.92. The second-order valence-electron chi connectivity index (χ2n) is 7.36. The van der Waals surface area contributed by atoms with E-state index in [2.05, 4.69) is 48.0 Å². The van der Waals surface area contributed by atoms with Gasteiger partial charge in [0.05, 0.1) is 26.2 Å². The zero-order valence-corrected chi connectivity index (χ0v) is 20.0. The summed E-state index contributed by atoms with van der Waals surface area (Å²) in [6.45, 7) is 11.0. The van der Waals surface area contributed by atoms with Gasteiger partial charge in [-0.25, -0.2) is 9.97 Å². The monoisotopic (exact) mass is 453 g/mol. The van der Waals surface area contributed by atoms with E-state index in [1.165, 1.54) is 9.67 Å². The zero-order chi connectivity index (χ0) is 22.8. The number of tetrazole rings is 1. The number of rotatable bonds is 8. The molecule has 4 rings (SSSR count). The lowest BCUT2D eigenvalue weighted by Gasteiger charge is -2.17. The van der Waals surface area contributed by atoms with Crippen LogP contribution >= 0.6 is 11.3 Å². The lowest BCUT2D eigenvalue weighted by Crippen LogP contribution is -2.24. The van der Waals surface area contributed by atoms with Crippen molar-refractivity contribution in [3.8, 4) is 28.7 Å². The van der Waals surface area contributed by atoms with Crippen molar-refractivity contribution in [2.75, 3.05) is 27.3 Å². The highest BCUT2D eigenvalue weighted by Gasteiger charge is 2.20. The van der Waals surface area contributed by atoms with E-state index in [0.29, 0.717) is 29.7 Å². The fraction of sp³-hybridized carbons (Fsp3) is 0.409. The largest absolute Gasteiger partial charge is 0.493 e. The molecule has 0 atom stereocenters. The van der Waals surface area contributed by atoms with Crippen LogP contribution in [0.4, 0.5) is 0 Å². The summed E-state index contributed by atoms with van der Waals surface area (Å²) in [5, 5.41) is 14.2. The average Bonchev–Trinajstić information content (AvgIpc) is 3.41. The van der Waals surface area contributed by atoms with Crippen LogP contribution < -0.4 is 9.47 Å². The van der Waals surface area contributed by atoms with Gasteiger partial charge in [-0.1, -0.05) is 13.8 Å². The maximum absolute atomic E-state index is 5.41. The zero-order valence-electron chi connectivity index (χ0n) is 19.2. The van der Waals surface area contributed by atoms with Crippen molar-refractivity contribution in [2.24, 2.45) is 0 Å². The van der Waals surface area contributed by atoms with Gasteiger partial charge < -0.3 is 9.47 Å². The SMILES string of the molecule is CCN(CC)Cc1nc(-n2nnc(-c3ccc(OC)c(OC)c3)n2)c2c(C)c(C)sc2n1. The van der Waals surface area contributed by atoms with Crippen molar-refractivity contribution in [1.82, 2.24) is 35.1 Å². The number of ether oxygens (including phenoxy) is 2. The van der Waals surface area contributed by atoms with Gasteiger partial charge in [0.25, 0.3) is 0 Å². The molecule has 0 saturated carbocycles. The van der Waals surface area contributed by atoms with Crippen LogP contribution in [0.5, 0.6) is 11.5 Å². The Labute approximate surface area is 191 Å². The van der Waals surface area contributed by atoms with Crippen molar-refractivity contribution >= 4 is 21.6 Å². The van der Waals surface area contributed by atoms with Crippen LogP contribution in [0, 0.1) is 13.8 Å². The van der Waals surface area contributed by atoms with Crippen LogP contribution in [0.2, 0.25) is 0 Å². The van der Waals surface area contributed by atoms with Crippen LogP contribution in [0.25, 0.3) is 27.4 Å². The number of thiophene rings is 1. The van der Waals surface area contributed by atoms with E-state index in [9.17, 15) is 0 Å². The van der Waals surface area contributed by atoms with Gasteiger partial charge in [0.15, 0.2) is 17.3 Å². The van der Waals surface area contributed by atoms with Gasteiger partial charge in [-0.15, -0.1) is 26.3 Å². The van der Waals surface area contributed by atoms with Crippen molar-refractivity contribution in [2.45, 2.75) is 34.2 Å². The van der Waals surface area contributed by atoms with Crippen LogP contribution in [-0.4, -0.2) is 62.4 Å². The molecule has 0 spiro atoms. The molecule has 0 aliphatic heterocycles. The molecule has 0 amide bonds. The summed E-state index contributed by atoms with van der Waals surface area (Å²) in [6, 6.07) is 5.54. The van der Waals surface area contributed by atoms with E-state index < -0.39 is 0 Å². The first-order valence-electron chi connectivity index (χ1n) is 10.5. The van der Waals surface area contributed by atoms with Crippen LogP contribution in [0.15, 0.2) is 18.2 Å². The summed E-state index contributed by atoms with van der Waals surface area (Å²) in [6.07, 6.45) is 0. The van der Waals surface area contributed by atoms with Crippen LogP contribution in [0.1, 0.15) is 30.1 Å². The van der Waals surface area contributed by atoms with Crippen molar-refractivity contribution < 1.29 is 9.47 Å². The minimum Gasteiger partial charge on any atom is -0.493 e. The summed E-state index contributed by atoms with van der Waals surface area (Å²) >= 11 is 1.67. The molecule has 0 fully saturated rings. The molecule has 1 aromatic carbocycles. The molecule has 0 radical (unpaired) electrons. The van der Waals surface area contributed by atoms with Gasteiger partial charge in [-0.05, 0) is 55.9 Å². The fourth-order valence-corrected chi connectivity index (χ4v) is 4.57. The predicted molar refractivity (Wildman–Crippen MR) is 125 cm³/mol. The van der Waals surface area contributed by atoms with E-state index in [-0.39, 0.29) is 0 Å². The minimum atomic E-state index is 0.479. The Hall–Kier alpha value is -3.11. The Kier molecular flexibility index (Phi) is 6.33. The van der Waals surface area contributed by atoms with Crippen LogP contribution in [-0.2, 0) is 6.54 Å². The van der Waals surface area contributed by atoms with E-state index in [4.69, 9.17) is 19.4 Å². The predicted octanol–water partition coefficient (Wildman–Crippen LogP) is 3.81. The summed E-state index contributed by atoms with van der Waals surface area (Å²) < 4.78 is 10.7. The standard InChI is InChI=1S/C22H27N7O2S/c1-7-28(8-2)12-18-23-21(19-13(3)14(4)32-22(19)24-18)29-26-20(25-27-29)15-9-10-16(30-5)17(11-15)31-6/h9-11H,7-8,12H2,1-6H3. The number of aryl methyl sites for hydroxylation is 2. The Balaban J connectivity index is 1.80. The Morgan fingerprint density at radius 2 is 1.78 bits per heavy atom. The number of hydrogen-bond donors (Lipinski definition) is 0. The van der Waals surface area contributed by atoms with Gasteiger partial charge in [-0.3, -0.25) is 4.90 Å². The molecule has 0 aliphatic rings. The first-order valence-corrected chi connectivity index (χ1v) is 11.3. The summed E-state index contributed by atoms with van der Waals surface area (Å²) in [5.74, 6) is 3.14. The normalized spacial score (nSPS) is 11.5. The average molecular weight is 454 g/mol. The molecule has 32 heavy (non-hydrogen) atoms.